The Morgan fingerprint density at radius 1 is 1.53 bits per heavy atom. The van der Waals surface area contributed by atoms with Crippen LogP contribution < -0.4 is 5.73 Å². The van der Waals surface area contributed by atoms with Gasteiger partial charge in [-0.2, -0.15) is 0 Å². The van der Waals surface area contributed by atoms with Crippen LogP contribution in [0.25, 0.3) is 0 Å². The second kappa shape index (κ2) is 7.24. The summed E-state index contributed by atoms with van der Waals surface area (Å²) in [6, 6.07) is 0. The van der Waals surface area contributed by atoms with E-state index in [-0.39, 0.29) is 22.8 Å². The smallest absolute Gasteiger partial charge is 0.310 e. The number of carboxylic acids is 1. The molecule has 0 unspecified atom stereocenters. The van der Waals surface area contributed by atoms with Crippen LogP contribution >= 0.6 is 24.2 Å². The maximum absolute atomic E-state index is 11.5. The predicted octanol–water partition coefficient (Wildman–Crippen LogP) is 2.05. The number of carbonyl (C=O) groups excluding carboxylic acids is 1. The van der Waals surface area contributed by atoms with E-state index in [2.05, 4.69) is 0 Å². The molecule has 0 heterocycles. The molecule has 100 valence electrons. The van der Waals surface area contributed by atoms with Crippen LogP contribution in [0.15, 0.2) is 0 Å². The summed E-state index contributed by atoms with van der Waals surface area (Å²) >= 11 is 1.19. The van der Waals surface area contributed by atoms with Crippen molar-refractivity contribution >= 4 is 35.3 Å². The molecule has 2 atom stereocenters. The van der Waals surface area contributed by atoms with Gasteiger partial charge in [0, 0.05) is 12.2 Å². The van der Waals surface area contributed by atoms with E-state index in [1.165, 1.54) is 18.7 Å². The molecule has 1 saturated carbocycles. The predicted molar refractivity (Wildman–Crippen MR) is 71.5 cm³/mol. The van der Waals surface area contributed by atoms with Crippen molar-refractivity contribution in [1.29, 1.82) is 0 Å². The maximum Gasteiger partial charge on any atom is 0.310 e. The third-order valence-electron chi connectivity index (χ3n) is 3.27. The third kappa shape index (κ3) is 3.86. The van der Waals surface area contributed by atoms with Crippen LogP contribution in [0.5, 0.6) is 0 Å². The average Bonchev–Trinajstić information content (AvgIpc) is 2.58. The second-order valence-electron chi connectivity index (χ2n) is 4.34. The zero-order chi connectivity index (χ0) is 12.2. The maximum atomic E-state index is 11.5. The number of rotatable bonds is 5. The highest BCUT2D eigenvalue weighted by molar-refractivity contribution is 8.14. The van der Waals surface area contributed by atoms with E-state index in [1.54, 1.807) is 0 Å². The Morgan fingerprint density at radius 3 is 2.65 bits per heavy atom. The summed E-state index contributed by atoms with van der Waals surface area (Å²) in [5.41, 5.74) is 4.72. The summed E-state index contributed by atoms with van der Waals surface area (Å²) in [4.78, 5) is 22.6. The van der Waals surface area contributed by atoms with Crippen LogP contribution in [0.3, 0.4) is 0 Å². The fraction of sp³-hybridized carbons (Fsp3) is 0.818. The molecule has 1 rings (SSSR count). The highest BCUT2D eigenvalue weighted by atomic mass is 35.5. The van der Waals surface area contributed by atoms with Gasteiger partial charge in [0.2, 0.25) is 0 Å². The number of hydrogen-bond donors (Lipinski definition) is 2. The van der Waals surface area contributed by atoms with Crippen LogP contribution in [-0.4, -0.2) is 28.0 Å². The molecule has 1 aliphatic rings. The number of halogens is 1. The first kappa shape index (κ1) is 16.7. The van der Waals surface area contributed by atoms with Gasteiger partial charge in [0.05, 0.1) is 5.41 Å². The number of carboxylic acid groups (broad SMARTS) is 1. The molecule has 17 heavy (non-hydrogen) atoms. The van der Waals surface area contributed by atoms with Gasteiger partial charge in [0.25, 0.3) is 0 Å². The molecule has 0 aromatic carbocycles. The van der Waals surface area contributed by atoms with Gasteiger partial charge >= 0.3 is 5.97 Å². The summed E-state index contributed by atoms with van der Waals surface area (Å²) in [7, 11) is 0. The molecule has 3 N–H and O–H groups in total. The molecule has 0 spiro atoms. The minimum atomic E-state index is -0.766. The van der Waals surface area contributed by atoms with Crippen LogP contribution in [0.1, 0.15) is 39.0 Å². The summed E-state index contributed by atoms with van der Waals surface area (Å²) in [6.45, 7) is 2.00. The normalized spacial score (nSPS) is 27.5. The Morgan fingerprint density at radius 2 is 2.18 bits per heavy atom. The Kier molecular flexibility index (Phi) is 7.13. The lowest BCUT2D eigenvalue weighted by molar-refractivity contribution is -0.148. The molecular formula is C11H20ClNO3S. The molecule has 0 aliphatic heterocycles. The average molecular weight is 282 g/mol. The standard InChI is InChI=1S/C11H19NO3S.ClH/c1-8(13)16-9-4-2-5-11(9,10(14)15)6-3-7-12;/h9H,2-7,12H2,1H3,(H,14,15);1H/t9-,11-;/m1./s1. The SMILES string of the molecule is CC(=O)S[C@@H]1CCC[C@]1(CCCN)C(=O)O.Cl. The van der Waals surface area contributed by atoms with E-state index in [4.69, 9.17) is 5.73 Å². The van der Waals surface area contributed by atoms with E-state index >= 15 is 0 Å². The zero-order valence-electron chi connectivity index (χ0n) is 9.98. The van der Waals surface area contributed by atoms with Crippen molar-refractivity contribution in [2.45, 2.75) is 44.3 Å². The fourth-order valence-electron chi connectivity index (χ4n) is 2.47. The first-order valence-corrected chi connectivity index (χ1v) is 6.51. The second-order valence-corrected chi connectivity index (χ2v) is 5.72. The first-order chi connectivity index (χ1) is 7.53. The topological polar surface area (TPSA) is 80.4 Å². The van der Waals surface area contributed by atoms with Gasteiger partial charge in [-0.1, -0.05) is 18.2 Å². The van der Waals surface area contributed by atoms with E-state index in [1.807, 2.05) is 0 Å². The molecule has 1 aliphatic carbocycles. The van der Waals surface area contributed by atoms with E-state index in [0.717, 1.165) is 12.8 Å². The van der Waals surface area contributed by atoms with Gasteiger partial charge in [-0.15, -0.1) is 12.4 Å². The summed E-state index contributed by atoms with van der Waals surface area (Å²) in [5, 5.41) is 9.34. The van der Waals surface area contributed by atoms with Gasteiger partial charge in [-0.05, 0) is 32.2 Å². The Bertz CT molecular complexity index is 288. The lowest BCUT2D eigenvalue weighted by Gasteiger charge is -2.30. The van der Waals surface area contributed by atoms with Gasteiger partial charge in [-0.3, -0.25) is 9.59 Å². The first-order valence-electron chi connectivity index (χ1n) is 5.63. The van der Waals surface area contributed by atoms with Gasteiger partial charge in [0.1, 0.15) is 0 Å². The van der Waals surface area contributed by atoms with Crippen LogP contribution in [0.4, 0.5) is 0 Å². The van der Waals surface area contributed by atoms with Crippen molar-refractivity contribution in [3.63, 3.8) is 0 Å². The highest BCUT2D eigenvalue weighted by Crippen LogP contribution is 2.48. The molecular weight excluding hydrogens is 262 g/mol. The molecule has 0 aromatic rings. The van der Waals surface area contributed by atoms with Crippen molar-refractivity contribution < 1.29 is 14.7 Å². The Labute approximate surface area is 112 Å². The van der Waals surface area contributed by atoms with Crippen molar-refractivity contribution in [1.82, 2.24) is 0 Å². The largest absolute Gasteiger partial charge is 0.481 e. The quantitative estimate of drug-likeness (QED) is 0.806. The molecule has 0 bridgehead atoms. The summed E-state index contributed by atoms with van der Waals surface area (Å²) in [6.07, 6.45) is 3.68. The number of carbonyl (C=O) groups is 2. The minimum absolute atomic E-state index is 0. The van der Waals surface area contributed by atoms with Crippen LogP contribution in [-0.2, 0) is 9.59 Å². The van der Waals surface area contributed by atoms with Gasteiger partial charge < -0.3 is 10.8 Å². The molecule has 6 heteroatoms. The van der Waals surface area contributed by atoms with Crippen LogP contribution in [0, 0.1) is 5.41 Å². The molecule has 0 radical (unpaired) electrons. The zero-order valence-corrected chi connectivity index (χ0v) is 11.6. The summed E-state index contributed by atoms with van der Waals surface area (Å²) in [5.74, 6) is -0.766. The lowest BCUT2D eigenvalue weighted by Crippen LogP contribution is -2.37. The number of nitrogens with two attached hydrogens (primary N) is 1. The van der Waals surface area contributed by atoms with Crippen molar-refractivity contribution in [2.24, 2.45) is 11.1 Å². The van der Waals surface area contributed by atoms with Crippen molar-refractivity contribution in [3.8, 4) is 0 Å². The Hall–Kier alpha value is -0.260. The Balaban J connectivity index is 0.00000256. The molecule has 0 amide bonds. The fourth-order valence-corrected chi connectivity index (χ4v) is 3.71. The third-order valence-corrected chi connectivity index (χ3v) is 4.57. The van der Waals surface area contributed by atoms with Gasteiger partial charge in [0.15, 0.2) is 5.12 Å². The van der Waals surface area contributed by atoms with Crippen molar-refractivity contribution in [2.75, 3.05) is 6.54 Å². The molecule has 4 nitrogen and oxygen atoms in total. The number of aliphatic carboxylic acids is 1. The van der Waals surface area contributed by atoms with E-state index in [0.29, 0.717) is 25.8 Å². The summed E-state index contributed by atoms with van der Waals surface area (Å²) < 4.78 is 0. The minimum Gasteiger partial charge on any atom is -0.481 e. The van der Waals surface area contributed by atoms with Crippen molar-refractivity contribution in [3.05, 3.63) is 0 Å². The highest BCUT2D eigenvalue weighted by Gasteiger charge is 2.49. The van der Waals surface area contributed by atoms with E-state index in [9.17, 15) is 14.7 Å². The van der Waals surface area contributed by atoms with Gasteiger partial charge in [-0.25, -0.2) is 0 Å². The molecule has 1 fully saturated rings. The lowest BCUT2D eigenvalue weighted by atomic mass is 9.81. The number of hydrogen-bond acceptors (Lipinski definition) is 4. The van der Waals surface area contributed by atoms with Crippen LogP contribution in [0.2, 0.25) is 0 Å². The number of thioether (sulfide) groups is 1. The monoisotopic (exact) mass is 281 g/mol. The van der Waals surface area contributed by atoms with E-state index < -0.39 is 11.4 Å². The molecule has 0 saturated heterocycles. The molecule has 0 aromatic heterocycles.